The van der Waals surface area contributed by atoms with Gasteiger partial charge in [0, 0.05) is 7.05 Å². The van der Waals surface area contributed by atoms with E-state index in [4.69, 9.17) is 0 Å². The summed E-state index contributed by atoms with van der Waals surface area (Å²) in [5.41, 5.74) is 1.77. The molecule has 0 bridgehead atoms. The Labute approximate surface area is 40.6 Å². The zero-order valence-corrected chi connectivity index (χ0v) is 3.88. The van der Waals surface area contributed by atoms with Crippen LogP contribution < -0.4 is 11.3 Å². The molecular formula is C2H6N4O. The lowest BCUT2D eigenvalue weighted by Crippen LogP contribution is -2.26. The number of hydrazine groups is 1. The Morgan fingerprint density at radius 3 is 2.57 bits per heavy atom. The SMILES string of the molecule is CN=NC(=O)NN. The zero-order valence-electron chi connectivity index (χ0n) is 3.88. The van der Waals surface area contributed by atoms with Crippen molar-refractivity contribution in [3.05, 3.63) is 0 Å². The minimum absolute atomic E-state index is 0.637. The molecular weight excluding hydrogens is 96.0 g/mol. The average Bonchev–Trinajstić information content (AvgIpc) is 1.68. The van der Waals surface area contributed by atoms with Gasteiger partial charge in [-0.25, -0.2) is 10.6 Å². The molecule has 0 atom stereocenters. The Kier molecular flexibility index (Phi) is 2.78. The van der Waals surface area contributed by atoms with Gasteiger partial charge in [0.25, 0.3) is 0 Å². The Morgan fingerprint density at radius 1 is 1.86 bits per heavy atom. The number of azo groups is 1. The molecule has 0 aromatic rings. The summed E-state index contributed by atoms with van der Waals surface area (Å²) in [6.45, 7) is 0. The molecule has 0 aliphatic rings. The Balaban J connectivity index is 3.37. The maximum Gasteiger partial charge on any atom is 0.373 e. The molecule has 0 unspecified atom stereocenters. The fourth-order valence-electron chi connectivity index (χ4n) is 0.120. The van der Waals surface area contributed by atoms with E-state index in [-0.39, 0.29) is 0 Å². The van der Waals surface area contributed by atoms with E-state index in [2.05, 4.69) is 16.1 Å². The van der Waals surface area contributed by atoms with Crippen molar-refractivity contribution in [3.8, 4) is 0 Å². The lowest BCUT2D eigenvalue weighted by molar-refractivity contribution is 0.248. The molecule has 0 aromatic heterocycles. The van der Waals surface area contributed by atoms with Crippen LogP contribution in [0.25, 0.3) is 0 Å². The third-order valence-corrected chi connectivity index (χ3v) is 0.314. The van der Waals surface area contributed by atoms with Gasteiger partial charge < -0.3 is 0 Å². The fourth-order valence-corrected chi connectivity index (χ4v) is 0.120. The molecule has 0 fully saturated rings. The van der Waals surface area contributed by atoms with Crippen molar-refractivity contribution >= 4 is 6.03 Å². The van der Waals surface area contributed by atoms with E-state index in [0.29, 0.717) is 0 Å². The Bertz CT molecular complexity index is 87.7. The van der Waals surface area contributed by atoms with E-state index >= 15 is 0 Å². The highest BCUT2D eigenvalue weighted by molar-refractivity contribution is 5.73. The van der Waals surface area contributed by atoms with Gasteiger partial charge in [-0.2, -0.15) is 5.11 Å². The number of nitrogens with zero attached hydrogens (tertiary/aromatic N) is 2. The molecule has 5 heteroatoms. The second-order valence-electron chi connectivity index (χ2n) is 0.749. The van der Waals surface area contributed by atoms with Gasteiger partial charge in [0.05, 0.1) is 0 Å². The molecule has 0 saturated carbocycles. The van der Waals surface area contributed by atoms with Crippen LogP contribution in [0.4, 0.5) is 4.79 Å². The van der Waals surface area contributed by atoms with E-state index in [1.807, 2.05) is 0 Å². The van der Waals surface area contributed by atoms with E-state index < -0.39 is 6.03 Å². The van der Waals surface area contributed by atoms with Crippen LogP contribution in [0.15, 0.2) is 10.2 Å². The summed E-state index contributed by atoms with van der Waals surface area (Å²) >= 11 is 0. The van der Waals surface area contributed by atoms with Crippen LogP contribution in [0.1, 0.15) is 0 Å². The number of hydrogen-bond acceptors (Lipinski definition) is 3. The quantitative estimate of drug-likeness (QED) is 0.190. The van der Waals surface area contributed by atoms with Crippen LogP contribution >= 0.6 is 0 Å². The van der Waals surface area contributed by atoms with Crippen LogP contribution in [0, 0.1) is 0 Å². The first-order chi connectivity index (χ1) is 3.31. The number of urea groups is 1. The maximum atomic E-state index is 9.92. The van der Waals surface area contributed by atoms with Gasteiger partial charge in [-0.1, -0.05) is 5.11 Å². The monoisotopic (exact) mass is 102 g/mol. The largest absolute Gasteiger partial charge is 0.373 e. The maximum absolute atomic E-state index is 9.92. The molecule has 0 rings (SSSR count). The van der Waals surface area contributed by atoms with Gasteiger partial charge in [0.1, 0.15) is 0 Å². The van der Waals surface area contributed by atoms with E-state index in [9.17, 15) is 4.79 Å². The number of rotatable bonds is 0. The van der Waals surface area contributed by atoms with Crippen molar-refractivity contribution in [3.63, 3.8) is 0 Å². The summed E-state index contributed by atoms with van der Waals surface area (Å²) < 4.78 is 0. The van der Waals surface area contributed by atoms with Gasteiger partial charge in [-0.05, 0) is 0 Å². The summed E-state index contributed by atoms with van der Waals surface area (Å²) in [4.78, 5) is 9.92. The highest BCUT2D eigenvalue weighted by Gasteiger charge is 1.85. The standard InChI is InChI=1S/C2H6N4O/c1-4-6-2(7)5-3/h3H2,1H3,(H,5,7). The van der Waals surface area contributed by atoms with Crippen LogP contribution in [0.2, 0.25) is 0 Å². The molecule has 3 N–H and O–H groups in total. The average molecular weight is 102 g/mol. The summed E-state index contributed by atoms with van der Waals surface area (Å²) in [6, 6.07) is -0.637. The molecule has 0 aliphatic heterocycles. The summed E-state index contributed by atoms with van der Waals surface area (Å²) in [5.74, 6) is 4.60. The zero-order chi connectivity index (χ0) is 5.70. The van der Waals surface area contributed by atoms with Crippen molar-refractivity contribution in [2.45, 2.75) is 0 Å². The van der Waals surface area contributed by atoms with Gasteiger partial charge in [0.2, 0.25) is 0 Å². The lowest BCUT2D eigenvalue weighted by Gasteiger charge is -1.82. The van der Waals surface area contributed by atoms with E-state index in [1.54, 1.807) is 5.43 Å². The minimum Gasteiger partial charge on any atom is -0.273 e. The summed E-state index contributed by atoms with van der Waals surface area (Å²) in [5, 5.41) is 6.13. The number of amides is 2. The highest BCUT2D eigenvalue weighted by atomic mass is 16.2. The first-order valence-corrected chi connectivity index (χ1v) is 1.61. The van der Waals surface area contributed by atoms with E-state index in [0.717, 1.165) is 0 Å². The molecule has 7 heavy (non-hydrogen) atoms. The van der Waals surface area contributed by atoms with Gasteiger partial charge >= 0.3 is 6.03 Å². The van der Waals surface area contributed by atoms with Gasteiger partial charge in [-0.3, -0.25) is 5.43 Å². The molecule has 0 saturated heterocycles. The summed E-state index contributed by atoms with van der Waals surface area (Å²) in [6.07, 6.45) is 0. The Hall–Kier alpha value is -0.970. The number of hydrogen-bond donors (Lipinski definition) is 2. The van der Waals surface area contributed by atoms with Crippen molar-refractivity contribution in [2.24, 2.45) is 16.1 Å². The fraction of sp³-hybridized carbons (Fsp3) is 0.500. The molecule has 0 aromatic carbocycles. The third kappa shape index (κ3) is 2.84. The van der Waals surface area contributed by atoms with Crippen molar-refractivity contribution in [1.82, 2.24) is 5.43 Å². The van der Waals surface area contributed by atoms with Gasteiger partial charge in [0.15, 0.2) is 0 Å². The molecule has 2 amide bonds. The topological polar surface area (TPSA) is 79.8 Å². The number of carbonyl (C=O) groups excluding carboxylic acids is 1. The van der Waals surface area contributed by atoms with Crippen LogP contribution in [-0.2, 0) is 0 Å². The molecule has 0 aliphatic carbocycles. The second-order valence-corrected chi connectivity index (χ2v) is 0.749. The molecule has 0 spiro atoms. The molecule has 5 nitrogen and oxygen atoms in total. The smallest absolute Gasteiger partial charge is 0.273 e. The van der Waals surface area contributed by atoms with Crippen molar-refractivity contribution in [2.75, 3.05) is 7.05 Å². The normalized spacial score (nSPS) is 9.43. The number of carbonyl (C=O) groups is 1. The van der Waals surface area contributed by atoms with E-state index in [1.165, 1.54) is 7.05 Å². The molecule has 0 heterocycles. The number of nitrogens with two attached hydrogens (primary N) is 1. The molecule has 40 valence electrons. The van der Waals surface area contributed by atoms with Crippen LogP contribution in [0.3, 0.4) is 0 Å². The third-order valence-electron chi connectivity index (χ3n) is 0.314. The minimum atomic E-state index is -0.637. The second kappa shape index (κ2) is 3.23. The Morgan fingerprint density at radius 2 is 2.43 bits per heavy atom. The predicted molar refractivity (Wildman–Crippen MR) is 23.5 cm³/mol. The van der Waals surface area contributed by atoms with Crippen molar-refractivity contribution < 1.29 is 4.79 Å². The van der Waals surface area contributed by atoms with Crippen LogP contribution in [-0.4, -0.2) is 13.1 Å². The van der Waals surface area contributed by atoms with Crippen molar-refractivity contribution in [1.29, 1.82) is 0 Å². The lowest BCUT2D eigenvalue weighted by atomic mass is 11.1. The van der Waals surface area contributed by atoms with Crippen LogP contribution in [0.5, 0.6) is 0 Å². The first-order valence-electron chi connectivity index (χ1n) is 1.61. The highest BCUT2D eigenvalue weighted by Crippen LogP contribution is 1.68. The number of nitrogens with one attached hydrogen (secondary N) is 1. The summed E-state index contributed by atoms with van der Waals surface area (Å²) in [7, 11) is 1.38. The first kappa shape index (κ1) is 6.03. The molecule has 0 radical (unpaired) electrons. The van der Waals surface area contributed by atoms with Gasteiger partial charge in [-0.15, -0.1) is 0 Å². The predicted octanol–water partition coefficient (Wildman–Crippen LogP) is -0.348.